The lowest BCUT2D eigenvalue weighted by Gasteiger charge is -2.39. The molecular formula is C27H30F3N3O3. The van der Waals surface area contributed by atoms with Crippen molar-refractivity contribution in [2.45, 2.75) is 71.3 Å². The number of halogens is 3. The lowest BCUT2D eigenvalue weighted by atomic mass is 9.83. The van der Waals surface area contributed by atoms with Gasteiger partial charge in [-0.3, -0.25) is 4.79 Å². The molecule has 0 aromatic heterocycles. The molecule has 2 heterocycles. The molecule has 2 aliphatic heterocycles. The van der Waals surface area contributed by atoms with Crippen molar-refractivity contribution >= 4 is 28.9 Å². The minimum atomic E-state index is -4.49. The fraction of sp³-hybridized carbons (Fsp3) is 0.407. The Morgan fingerprint density at radius 3 is 2.56 bits per heavy atom. The number of hydrogen-bond acceptors (Lipinski definition) is 3. The summed E-state index contributed by atoms with van der Waals surface area (Å²) in [5.41, 5.74) is 1.68. The maximum atomic E-state index is 13.3. The highest BCUT2D eigenvalue weighted by molar-refractivity contribution is 6.05. The van der Waals surface area contributed by atoms with Gasteiger partial charge in [-0.05, 0) is 62.1 Å². The zero-order valence-electron chi connectivity index (χ0n) is 20.8. The summed E-state index contributed by atoms with van der Waals surface area (Å²) in [6, 6.07) is 8.56. The summed E-state index contributed by atoms with van der Waals surface area (Å²) >= 11 is 0. The van der Waals surface area contributed by atoms with Crippen molar-refractivity contribution in [3.63, 3.8) is 0 Å². The van der Waals surface area contributed by atoms with E-state index in [0.717, 1.165) is 17.7 Å². The Balaban J connectivity index is 1.61. The molecular weight excluding hydrogens is 471 g/mol. The van der Waals surface area contributed by atoms with Crippen LogP contribution in [0.2, 0.25) is 0 Å². The Hall–Kier alpha value is -3.49. The number of carbonyl (C=O) groups is 2. The van der Waals surface area contributed by atoms with E-state index in [1.54, 1.807) is 17.0 Å². The summed E-state index contributed by atoms with van der Waals surface area (Å²) in [4.78, 5) is 27.0. The van der Waals surface area contributed by atoms with Crippen molar-refractivity contribution < 1.29 is 27.5 Å². The zero-order valence-corrected chi connectivity index (χ0v) is 20.8. The number of amides is 3. The van der Waals surface area contributed by atoms with Crippen molar-refractivity contribution in [1.29, 1.82) is 0 Å². The van der Waals surface area contributed by atoms with E-state index < -0.39 is 23.2 Å². The van der Waals surface area contributed by atoms with Gasteiger partial charge in [-0.1, -0.05) is 26.0 Å². The molecule has 0 saturated carbocycles. The zero-order chi connectivity index (χ0) is 26.3. The Morgan fingerprint density at radius 2 is 1.92 bits per heavy atom. The van der Waals surface area contributed by atoms with Crippen LogP contribution >= 0.6 is 0 Å². The highest BCUT2D eigenvalue weighted by Crippen LogP contribution is 2.45. The number of ether oxygens (including phenoxy) is 1. The molecule has 192 valence electrons. The van der Waals surface area contributed by atoms with Crippen LogP contribution in [0.1, 0.15) is 63.6 Å². The highest BCUT2D eigenvalue weighted by atomic mass is 19.4. The third-order valence-corrected chi connectivity index (χ3v) is 6.93. The van der Waals surface area contributed by atoms with Gasteiger partial charge in [-0.25, -0.2) is 4.79 Å². The van der Waals surface area contributed by atoms with E-state index in [-0.39, 0.29) is 17.8 Å². The SMILES string of the molecule is CCC1(CC)CC(=CC(=O)Nc2ccc3c(c2)NC(=O)N(C(C)C)C3)c2ccc(C(F)(F)F)cc2O1. The van der Waals surface area contributed by atoms with Gasteiger partial charge >= 0.3 is 12.2 Å². The number of rotatable bonds is 5. The van der Waals surface area contributed by atoms with E-state index in [1.165, 1.54) is 12.1 Å². The molecule has 0 unspecified atom stereocenters. The Morgan fingerprint density at radius 1 is 1.19 bits per heavy atom. The van der Waals surface area contributed by atoms with Crippen molar-refractivity contribution in [3.05, 3.63) is 59.2 Å². The summed E-state index contributed by atoms with van der Waals surface area (Å²) in [6.07, 6.45) is -1.51. The molecule has 0 bridgehead atoms. The van der Waals surface area contributed by atoms with Gasteiger partial charge in [-0.15, -0.1) is 0 Å². The van der Waals surface area contributed by atoms with Gasteiger partial charge < -0.3 is 20.3 Å². The maximum Gasteiger partial charge on any atom is 0.416 e. The number of alkyl halides is 3. The van der Waals surface area contributed by atoms with Crippen molar-refractivity contribution in [3.8, 4) is 5.75 Å². The lowest BCUT2D eigenvalue weighted by Crippen LogP contribution is -2.42. The number of nitrogens with one attached hydrogen (secondary N) is 2. The van der Waals surface area contributed by atoms with Crippen molar-refractivity contribution in [1.82, 2.24) is 4.90 Å². The second kappa shape index (κ2) is 9.52. The summed E-state index contributed by atoms with van der Waals surface area (Å²) in [7, 11) is 0. The monoisotopic (exact) mass is 501 g/mol. The van der Waals surface area contributed by atoms with Crippen LogP contribution < -0.4 is 15.4 Å². The first-order chi connectivity index (χ1) is 16.9. The first kappa shape index (κ1) is 25.6. The number of benzene rings is 2. The average Bonchev–Trinajstić information content (AvgIpc) is 2.82. The average molecular weight is 502 g/mol. The first-order valence-electron chi connectivity index (χ1n) is 12.1. The molecule has 2 aliphatic rings. The molecule has 2 aromatic rings. The molecule has 0 atom stereocenters. The van der Waals surface area contributed by atoms with Gasteiger partial charge in [0.05, 0.1) is 5.56 Å². The van der Waals surface area contributed by atoms with Gasteiger partial charge in [0.2, 0.25) is 5.91 Å². The number of urea groups is 1. The predicted octanol–water partition coefficient (Wildman–Crippen LogP) is 6.82. The van der Waals surface area contributed by atoms with E-state index in [1.807, 2.05) is 33.8 Å². The summed E-state index contributed by atoms with van der Waals surface area (Å²) < 4.78 is 46.0. The van der Waals surface area contributed by atoms with E-state index in [4.69, 9.17) is 4.74 Å². The number of hydrogen-bond donors (Lipinski definition) is 2. The molecule has 3 amide bonds. The normalized spacial score (nSPS) is 17.8. The Kier molecular flexibility index (Phi) is 6.77. The molecule has 9 heteroatoms. The summed E-state index contributed by atoms with van der Waals surface area (Å²) in [5.74, 6) is -0.283. The van der Waals surface area contributed by atoms with Crippen LogP contribution in [0.3, 0.4) is 0 Å². The van der Waals surface area contributed by atoms with Crippen LogP contribution in [0, 0.1) is 0 Å². The number of nitrogens with zero attached hydrogens (tertiary/aromatic N) is 1. The van der Waals surface area contributed by atoms with Crippen LogP contribution in [0.25, 0.3) is 5.57 Å². The smallest absolute Gasteiger partial charge is 0.416 e. The maximum absolute atomic E-state index is 13.3. The van der Waals surface area contributed by atoms with E-state index in [9.17, 15) is 22.8 Å². The van der Waals surface area contributed by atoms with Gasteiger partial charge in [-0.2, -0.15) is 13.2 Å². The topological polar surface area (TPSA) is 70.7 Å². The van der Waals surface area contributed by atoms with Crippen LogP contribution in [0.15, 0.2) is 42.5 Å². The van der Waals surface area contributed by atoms with E-state index >= 15 is 0 Å². The summed E-state index contributed by atoms with van der Waals surface area (Å²) in [5, 5.41) is 5.67. The van der Waals surface area contributed by atoms with Crippen molar-refractivity contribution in [2.75, 3.05) is 10.6 Å². The molecule has 2 aromatic carbocycles. The quantitative estimate of drug-likeness (QED) is 0.442. The molecule has 2 N–H and O–H groups in total. The highest BCUT2D eigenvalue weighted by Gasteiger charge is 2.38. The van der Waals surface area contributed by atoms with Crippen LogP contribution in [-0.4, -0.2) is 28.5 Å². The second-order valence-electron chi connectivity index (χ2n) is 9.56. The summed E-state index contributed by atoms with van der Waals surface area (Å²) in [6.45, 7) is 8.20. The standard InChI is InChI=1S/C27H30F3N3O3/c1-5-26(6-2)14-18(21-10-8-19(27(28,29)30)12-23(21)36-26)11-24(34)31-20-9-7-17-15-33(16(3)4)25(35)32-22(17)13-20/h7-13,16H,5-6,14-15H2,1-4H3,(H,31,34)(H,32,35). The molecule has 36 heavy (non-hydrogen) atoms. The largest absolute Gasteiger partial charge is 0.486 e. The second-order valence-corrected chi connectivity index (χ2v) is 9.56. The molecule has 0 saturated heterocycles. The lowest BCUT2D eigenvalue weighted by molar-refractivity contribution is -0.137. The molecule has 0 spiro atoms. The predicted molar refractivity (Wildman–Crippen MR) is 133 cm³/mol. The Bertz CT molecular complexity index is 1220. The van der Waals surface area contributed by atoms with Crippen LogP contribution in [0.4, 0.5) is 29.3 Å². The van der Waals surface area contributed by atoms with Crippen LogP contribution in [0.5, 0.6) is 5.75 Å². The third kappa shape index (κ3) is 5.05. The van der Waals surface area contributed by atoms with Gasteiger partial charge in [0.25, 0.3) is 0 Å². The fourth-order valence-corrected chi connectivity index (χ4v) is 4.64. The van der Waals surface area contributed by atoms with E-state index in [0.29, 0.717) is 48.3 Å². The minimum Gasteiger partial charge on any atom is -0.486 e. The third-order valence-electron chi connectivity index (χ3n) is 6.93. The van der Waals surface area contributed by atoms with Gasteiger partial charge in [0.1, 0.15) is 11.4 Å². The first-order valence-corrected chi connectivity index (χ1v) is 12.1. The minimum absolute atomic E-state index is 0.0528. The van der Waals surface area contributed by atoms with Gasteiger partial charge in [0, 0.05) is 42.0 Å². The Labute approximate surface area is 208 Å². The van der Waals surface area contributed by atoms with Gasteiger partial charge in [0.15, 0.2) is 0 Å². The molecule has 0 aliphatic carbocycles. The fourth-order valence-electron chi connectivity index (χ4n) is 4.64. The molecule has 0 radical (unpaired) electrons. The number of carbonyl (C=O) groups excluding carboxylic acids is 2. The van der Waals surface area contributed by atoms with E-state index in [2.05, 4.69) is 10.6 Å². The molecule has 6 nitrogen and oxygen atoms in total. The number of fused-ring (bicyclic) bond motifs is 2. The molecule has 0 fully saturated rings. The molecule has 4 rings (SSSR count). The number of anilines is 2. The van der Waals surface area contributed by atoms with Crippen LogP contribution in [-0.2, 0) is 17.5 Å². The van der Waals surface area contributed by atoms with Crippen molar-refractivity contribution in [2.24, 2.45) is 0 Å².